The number of para-hydroxylation sites is 1. The molecule has 1 rings (SSSR count). The van der Waals surface area contributed by atoms with Gasteiger partial charge in [-0.25, -0.2) is 0 Å². The van der Waals surface area contributed by atoms with Crippen molar-refractivity contribution in [2.75, 3.05) is 5.32 Å². The van der Waals surface area contributed by atoms with E-state index in [9.17, 15) is 22.8 Å². The molecular weight excluding hydrogens is 297 g/mol. The third kappa shape index (κ3) is 5.05. The maximum atomic E-state index is 12.2. The molecule has 1 aromatic carbocycles. The van der Waals surface area contributed by atoms with Gasteiger partial charge in [-0.3, -0.25) is 9.59 Å². The number of hydrogen-bond acceptors (Lipinski definition) is 2. The van der Waals surface area contributed by atoms with Gasteiger partial charge < -0.3 is 10.6 Å². The van der Waals surface area contributed by atoms with Crippen LogP contribution in [0.4, 0.5) is 18.9 Å². The molecule has 2 amide bonds. The van der Waals surface area contributed by atoms with Crippen LogP contribution in [0.25, 0.3) is 0 Å². The first-order valence-corrected chi connectivity index (χ1v) is 7.03. The lowest BCUT2D eigenvalue weighted by molar-refractivity contribution is -0.173. The highest BCUT2D eigenvalue weighted by Crippen LogP contribution is 2.19. The van der Waals surface area contributed by atoms with E-state index >= 15 is 0 Å². The predicted molar refractivity (Wildman–Crippen MR) is 77.0 cm³/mol. The van der Waals surface area contributed by atoms with E-state index in [4.69, 9.17) is 0 Å². The molecule has 122 valence electrons. The Kier molecular flexibility index (Phi) is 6.39. The van der Waals surface area contributed by atoms with E-state index in [2.05, 4.69) is 5.32 Å². The van der Waals surface area contributed by atoms with Gasteiger partial charge in [0.15, 0.2) is 0 Å². The molecule has 0 fully saturated rings. The first-order valence-electron chi connectivity index (χ1n) is 7.03. The Morgan fingerprint density at radius 2 is 1.73 bits per heavy atom. The van der Waals surface area contributed by atoms with Crippen molar-refractivity contribution in [2.24, 2.45) is 5.92 Å². The Hall–Kier alpha value is -2.05. The summed E-state index contributed by atoms with van der Waals surface area (Å²) >= 11 is 0. The van der Waals surface area contributed by atoms with E-state index < -0.39 is 12.1 Å². The summed E-state index contributed by atoms with van der Waals surface area (Å²) < 4.78 is 36.5. The standard InChI is InChI=1S/C15H19F3N2O2/c1-3-10(4-2)13(21)20-12-8-6-5-7-11(12)9-19-14(22)15(16,17)18/h5-8,10H,3-4,9H2,1-2H3,(H,19,22)(H,20,21). The van der Waals surface area contributed by atoms with Crippen LogP contribution in [0.15, 0.2) is 24.3 Å². The molecule has 4 nitrogen and oxygen atoms in total. The van der Waals surface area contributed by atoms with Crippen LogP contribution in [-0.4, -0.2) is 18.0 Å². The van der Waals surface area contributed by atoms with Crippen molar-refractivity contribution in [1.29, 1.82) is 0 Å². The highest BCUT2D eigenvalue weighted by Gasteiger charge is 2.38. The van der Waals surface area contributed by atoms with Crippen LogP contribution in [0.5, 0.6) is 0 Å². The van der Waals surface area contributed by atoms with Crippen molar-refractivity contribution in [1.82, 2.24) is 5.32 Å². The van der Waals surface area contributed by atoms with E-state index in [-0.39, 0.29) is 18.4 Å². The quantitative estimate of drug-likeness (QED) is 0.846. The molecule has 0 radical (unpaired) electrons. The van der Waals surface area contributed by atoms with Gasteiger partial charge in [0, 0.05) is 18.2 Å². The molecule has 2 N–H and O–H groups in total. The maximum absolute atomic E-state index is 12.2. The van der Waals surface area contributed by atoms with Crippen molar-refractivity contribution in [3.8, 4) is 0 Å². The maximum Gasteiger partial charge on any atom is 0.471 e. The number of alkyl halides is 3. The number of halogens is 3. The molecule has 0 aliphatic rings. The topological polar surface area (TPSA) is 58.2 Å². The van der Waals surface area contributed by atoms with Gasteiger partial charge in [-0.1, -0.05) is 32.0 Å². The normalized spacial score (nSPS) is 11.4. The minimum atomic E-state index is -4.92. The van der Waals surface area contributed by atoms with Crippen molar-refractivity contribution in [3.05, 3.63) is 29.8 Å². The largest absolute Gasteiger partial charge is 0.471 e. The molecule has 1 aromatic rings. The third-order valence-corrected chi connectivity index (χ3v) is 3.33. The van der Waals surface area contributed by atoms with Crippen molar-refractivity contribution in [2.45, 2.75) is 39.4 Å². The Balaban J connectivity index is 2.78. The number of hydrogen-bond donors (Lipinski definition) is 2. The fourth-order valence-electron chi connectivity index (χ4n) is 1.97. The van der Waals surface area contributed by atoms with E-state index in [0.717, 1.165) is 0 Å². The zero-order chi connectivity index (χ0) is 16.8. The highest BCUT2D eigenvalue weighted by molar-refractivity contribution is 5.93. The molecule has 0 aliphatic carbocycles. The van der Waals surface area contributed by atoms with Gasteiger partial charge >= 0.3 is 12.1 Å². The van der Waals surface area contributed by atoms with Crippen LogP contribution in [-0.2, 0) is 16.1 Å². The van der Waals surface area contributed by atoms with Gasteiger partial charge in [0.2, 0.25) is 5.91 Å². The lowest BCUT2D eigenvalue weighted by atomic mass is 10.0. The van der Waals surface area contributed by atoms with Crippen molar-refractivity contribution < 1.29 is 22.8 Å². The monoisotopic (exact) mass is 316 g/mol. The Bertz CT molecular complexity index is 526. The molecule has 0 aliphatic heterocycles. The van der Waals surface area contributed by atoms with Gasteiger partial charge in [-0.15, -0.1) is 0 Å². The van der Waals surface area contributed by atoms with Gasteiger partial charge in [0.25, 0.3) is 0 Å². The number of amides is 2. The lowest BCUT2D eigenvalue weighted by Gasteiger charge is -2.16. The van der Waals surface area contributed by atoms with Crippen LogP contribution in [0.2, 0.25) is 0 Å². The van der Waals surface area contributed by atoms with E-state index in [0.29, 0.717) is 24.1 Å². The summed E-state index contributed by atoms with van der Waals surface area (Å²) in [6.07, 6.45) is -3.57. The van der Waals surface area contributed by atoms with Gasteiger partial charge in [-0.05, 0) is 24.5 Å². The van der Waals surface area contributed by atoms with Crippen LogP contribution in [0, 0.1) is 5.92 Å². The SMILES string of the molecule is CCC(CC)C(=O)Nc1ccccc1CNC(=O)C(F)(F)F. The number of nitrogens with one attached hydrogen (secondary N) is 2. The average molecular weight is 316 g/mol. The minimum absolute atomic E-state index is 0.155. The predicted octanol–water partition coefficient (Wildman–Crippen LogP) is 3.24. The zero-order valence-electron chi connectivity index (χ0n) is 12.5. The van der Waals surface area contributed by atoms with E-state index in [1.54, 1.807) is 29.6 Å². The van der Waals surface area contributed by atoms with Crippen molar-refractivity contribution in [3.63, 3.8) is 0 Å². The molecule has 0 atom stereocenters. The van der Waals surface area contributed by atoms with E-state index in [1.807, 2.05) is 13.8 Å². The summed E-state index contributed by atoms with van der Waals surface area (Å²) in [5, 5.41) is 4.50. The molecule has 22 heavy (non-hydrogen) atoms. The minimum Gasteiger partial charge on any atom is -0.344 e. The number of anilines is 1. The summed E-state index contributed by atoms with van der Waals surface area (Å²) in [6, 6.07) is 6.44. The summed E-state index contributed by atoms with van der Waals surface area (Å²) in [4.78, 5) is 22.9. The van der Waals surface area contributed by atoms with Crippen molar-refractivity contribution >= 4 is 17.5 Å². The fourth-order valence-corrected chi connectivity index (χ4v) is 1.97. The second-order valence-electron chi connectivity index (χ2n) is 4.84. The Morgan fingerprint density at radius 1 is 1.14 bits per heavy atom. The smallest absolute Gasteiger partial charge is 0.344 e. The number of carbonyl (C=O) groups excluding carboxylic acids is 2. The molecule has 0 bridgehead atoms. The van der Waals surface area contributed by atoms with Gasteiger partial charge in [0.1, 0.15) is 0 Å². The van der Waals surface area contributed by atoms with Crippen LogP contribution in [0.3, 0.4) is 0 Å². The average Bonchev–Trinajstić information content (AvgIpc) is 2.46. The Labute approximate surface area is 127 Å². The highest BCUT2D eigenvalue weighted by atomic mass is 19.4. The summed E-state index contributed by atoms with van der Waals surface area (Å²) in [5.41, 5.74) is 0.821. The van der Waals surface area contributed by atoms with Crippen LogP contribution in [0.1, 0.15) is 32.3 Å². The summed E-state index contributed by atoms with van der Waals surface area (Å²) in [7, 11) is 0. The molecule has 0 spiro atoms. The fraction of sp³-hybridized carbons (Fsp3) is 0.467. The second kappa shape index (κ2) is 7.82. The molecule has 0 saturated heterocycles. The number of rotatable bonds is 6. The molecule has 0 unspecified atom stereocenters. The molecule has 0 saturated carbocycles. The third-order valence-electron chi connectivity index (χ3n) is 3.33. The van der Waals surface area contributed by atoms with Crippen LogP contribution < -0.4 is 10.6 Å². The van der Waals surface area contributed by atoms with Gasteiger partial charge in [0.05, 0.1) is 0 Å². The summed E-state index contributed by atoms with van der Waals surface area (Å²) in [5.74, 6) is -2.34. The van der Waals surface area contributed by atoms with Gasteiger partial charge in [-0.2, -0.15) is 13.2 Å². The zero-order valence-corrected chi connectivity index (χ0v) is 12.5. The van der Waals surface area contributed by atoms with E-state index in [1.165, 1.54) is 0 Å². The first-order chi connectivity index (χ1) is 10.3. The summed E-state index contributed by atoms with van der Waals surface area (Å²) in [6.45, 7) is 3.48. The first kappa shape index (κ1) is 18.0. The number of benzene rings is 1. The second-order valence-corrected chi connectivity index (χ2v) is 4.84. The lowest BCUT2D eigenvalue weighted by Crippen LogP contribution is -2.36. The molecule has 0 aromatic heterocycles. The molecular formula is C15H19F3N2O2. The molecule has 7 heteroatoms. The van der Waals surface area contributed by atoms with Crippen LogP contribution >= 0.6 is 0 Å². The molecule has 0 heterocycles. The number of carbonyl (C=O) groups is 2. The Morgan fingerprint density at radius 3 is 2.27 bits per heavy atom.